The summed E-state index contributed by atoms with van der Waals surface area (Å²) < 4.78 is 6.88. The molecule has 0 aliphatic rings. The van der Waals surface area contributed by atoms with Crippen molar-refractivity contribution in [2.24, 2.45) is 0 Å². The Morgan fingerprint density at radius 2 is 1.79 bits per heavy atom. The van der Waals surface area contributed by atoms with Crippen molar-refractivity contribution in [2.45, 2.75) is 19.0 Å². The van der Waals surface area contributed by atoms with E-state index in [1.54, 1.807) is 12.1 Å². The van der Waals surface area contributed by atoms with Gasteiger partial charge >= 0.3 is 5.97 Å². The molecule has 2 aromatic heterocycles. The molecule has 7 nitrogen and oxygen atoms in total. The van der Waals surface area contributed by atoms with Gasteiger partial charge in [0.15, 0.2) is 5.16 Å². The predicted molar refractivity (Wildman–Crippen MR) is 136 cm³/mol. The SMILES string of the molecule is COC(=O)c1c(-c2ccc(Cl)cc2)csc1NC(=O)CSc1nnc(C)n1-c1ccc(C)cc1. The first kappa shape index (κ1) is 24.0. The minimum absolute atomic E-state index is 0.0960. The highest BCUT2D eigenvalue weighted by molar-refractivity contribution is 7.99. The van der Waals surface area contributed by atoms with Crippen LogP contribution in [-0.2, 0) is 9.53 Å². The number of carbonyl (C=O) groups excluding carboxylic acids is 2. The van der Waals surface area contributed by atoms with Crippen LogP contribution in [-0.4, -0.2) is 39.5 Å². The number of thioether (sulfide) groups is 1. The Hall–Kier alpha value is -3.14. The van der Waals surface area contributed by atoms with Crippen LogP contribution in [0, 0.1) is 13.8 Å². The zero-order valence-corrected chi connectivity index (χ0v) is 21.1. The van der Waals surface area contributed by atoms with Gasteiger partial charge in [-0.05, 0) is 43.7 Å². The average Bonchev–Trinajstić information content (AvgIpc) is 3.41. The highest BCUT2D eigenvalue weighted by Gasteiger charge is 2.23. The number of aromatic nitrogens is 3. The number of esters is 1. The summed E-state index contributed by atoms with van der Waals surface area (Å²) in [6.45, 7) is 3.89. The fourth-order valence-electron chi connectivity index (χ4n) is 3.32. The summed E-state index contributed by atoms with van der Waals surface area (Å²) in [5.74, 6) is 0.0314. The first-order valence-electron chi connectivity index (χ1n) is 10.2. The molecule has 0 fully saturated rings. The maximum atomic E-state index is 12.8. The fraction of sp³-hybridized carbons (Fsp3) is 0.167. The van der Waals surface area contributed by atoms with Crippen molar-refractivity contribution in [1.82, 2.24) is 14.8 Å². The Morgan fingerprint density at radius 3 is 2.47 bits per heavy atom. The molecular weight excluding hydrogens is 492 g/mol. The third-order valence-electron chi connectivity index (χ3n) is 5.01. The van der Waals surface area contributed by atoms with E-state index < -0.39 is 5.97 Å². The Balaban J connectivity index is 1.52. The lowest BCUT2D eigenvalue weighted by Crippen LogP contribution is -2.16. The van der Waals surface area contributed by atoms with Gasteiger partial charge in [-0.3, -0.25) is 9.36 Å². The maximum absolute atomic E-state index is 12.8. The molecule has 0 bridgehead atoms. The molecule has 1 N–H and O–H groups in total. The van der Waals surface area contributed by atoms with Gasteiger partial charge in [0.1, 0.15) is 16.4 Å². The van der Waals surface area contributed by atoms with Crippen molar-refractivity contribution in [3.05, 3.63) is 75.9 Å². The number of nitrogens with zero attached hydrogens (tertiary/aromatic N) is 3. The van der Waals surface area contributed by atoms with E-state index in [9.17, 15) is 9.59 Å². The third-order valence-corrected chi connectivity index (χ3v) is 7.08. The molecule has 1 amide bonds. The van der Waals surface area contributed by atoms with Crippen LogP contribution in [0.4, 0.5) is 5.00 Å². The highest BCUT2D eigenvalue weighted by Crippen LogP contribution is 2.36. The maximum Gasteiger partial charge on any atom is 0.341 e. The molecule has 0 saturated heterocycles. The predicted octanol–water partition coefficient (Wildman–Crippen LogP) is 5.78. The van der Waals surface area contributed by atoms with Gasteiger partial charge in [-0.1, -0.05) is 53.2 Å². The molecule has 0 aliphatic heterocycles. The van der Waals surface area contributed by atoms with E-state index in [2.05, 4.69) is 15.5 Å². The Labute approximate surface area is 210 Å². The van der Waals surface area contributed by atoms with Gasteiger partial charge in [0.05, 0.1) is 12.9 Å². The Kier molecular flexibility index (Phi) is 7.35. The first-order chi connectivity index (χ1) is 16.4. The van der Waals surface area contributed by atoms with Gasteiger partial charge in [-0.25, -0.2) is 4.79 Å². The van der Waals surface area contributed by atoms with E-state index in [-0.39, 0.29) is 11.7 Å². The number of carbonyl (C=O) groups is 2. The van der Waals surface area contributed by atoms with Crippen LogP contribution in [0.5, 0.6) is 0 Å². The normalized spacial score (nSPS) is 10.8. The number of hydrogen-bond donors (Lipinski definition) is 1. The zero-order valence-electron chi connectivity index (χ0n) is 18.7. The van der Waals surface area contributed by atoms with Crippen molar-refractivity contribution < 1.29 is 14.3 Å². The lowest BCUT2D eigenvalue weighted by molar-refractivity contribution is -0.113. The number of ether oxygens (including phenoxy) is 1. The van der Waals surface area contributed by atoms with E-state index >= 15 is 0 Å². The largest absolute Gasteiger partial charge is 0.465 e. The van der Waals surface area contributed by atoms with Gasteiger partial charge in [0.25, 0.3) is 0 Å². The minimum Gasteiger partial charge on any atom is -0.465 e. The van der Waals surface area contributed by atoms with Crippen LogP contribution in [0.2, 0.25) is 5.02 Å². The van der Waals surface area contributed by atoms with Crippen LogP contribution in [0.3, 0.4) is 0 Å². The number of halogens is 1. The number of nitrogens with one attached hydrogen (secondary N) is 1. The number of amides is 1. The van der Waals surface area contributed by atoms with Crippen LogP contribution < -0.4 is 5.32 Å². The fourth-order valence-corrected chi connectivity index (χ4v) is 5.21. The second kappa shape index (κ2) is 10.4. The Morgan fingerprint density at radius 1 is 1.09 bits per heavy atom. The molecule has 4 aromatic rings. The van der Waals surface area contributed by atoms with E-state index in [0.717, 1.165) is 22.6 Å². The molecule has 174 valence electrons. The number of hydrogen-bond acceptors (Lipinski definition) is 7. The van der Waals surface area contributed by atoms with E-state index in [0.29, 0.717) is 26.3 Å². The molecule has 0 spiro atoms. The molecular formula is C24H21ClN4O3S2. The van der Waals surface area contributed by atoms with E-state index in [1.165, 1.54) is 30.2 Å². The second-order valence-corrected chi connectivity index (χ2v) is 9.65. The number of thiophene rings is 1. The molecule has 10 heteroatoms. The summed E-state index contributed by atoms with van der Waals surface area (Å²) in [4.78, 5) is 25.3. The summed E-state index contributed by atoms with van der Waals surface area (Å²) in [5.41, 5.74) is 3.86. The van der Waals surface area contributed by atoms with Gasteiger partial charge in [0, 0.05) is 21.7 Å². The van der Waals surface area contributed by atoms with Gasteiger partial charge in [-0.15, -0.1) is 21.5 Å². The molecule has 4 rings (SSSR count). The van der Waals surface area contributed by atoms with Gasteiger partial charge < -0.3 is 10.1 Å². The number of aryl methyl sites for hydroxylation is 2. The molecule has 0 unspecified atom stereocenters. The van der Waals surface area contributed by atoms with Gasteiger partial charge in [-0.2, -0.15) is 0 Å². The third kappa shape index (κ3) is 5.16. The van der Waals surface area contributed by atoms with Crippen molar-refractivity contribution in [3.8, 4) is 16.8 Å². The molecule has 0 saturated carbocycles. The number of rotatable bonds is 7. The summed E-state index contributed by atoms with van der Waals surface area (Å²) in [6.07, 6.45) is 0. The zero-order chi connectivity index (χ0) is 24.2. The van der Waals surface area contributed by atoms with E-state index in [1.807, 2.05) is 60.2 Å². The van der Waals surface area contributed by atoms with Crippen molar-refractivity contribution >= 4 is 51.6 Å². The summed E-state index contributed by atoms with van der Waals surface area (Å²) in [5, 5.41) is 14.7. The number of methoxy groups -OCH3 is 1. The Bertz CT molecular complexity index is 1330. The van der Waals surface area contributed by atoms with Crippen molar-refractivity contribution in [2.75, 3.05) is 18.2 Å². The van der Waals surface area contributed by atoms with Crippen molar-refractivity contribution in [3.63, 3.8) is 0 Å². The van der Waals surface area contributed by atoms with Crippen LogP contribution in [0.1, 0.15) is 21.7 Å². The average molecular weight is 513 g/mol. The van der Waals surface area contributed by atoms with E-state index in [4.69, 9.17) is 16.3 Å². The highest BCUT2D eigenvalue weighted by atomic mass is 35.5. The molecule has 0 radical (unpaired) electrons. The van der Waals surface area contributed by atoms with Crippen LogP contribution in [0.25, 0.3) is 16.8 Å². The number of anilines is 1. The molecule has 0 aliphatic carbocycles. The van der Waals surface area contributed by atoms with Crippen molar-refractivity contribution in [1.29, 1.82) is 0 Å². The molecule has 0 atom stereocenters. The summed E-state index contributed by atoms with van der Waals surface area (Å²) >= 11 is 8.52. The molecule has 2 heterocycles. The monoisotopic (exact) mass is 512 g/mol. The molecule has 34 heavy (non-hydrogen) atoms. The standard InChI is InChI=1S/C24H21ClN4O3S2/c1-14-4-10-18(11-5-14)29-15(2)27-28-24(29)34-13-20(30)26-22-21(23(31)32-3)19(12-33-22)16-6-8-17(25)9-7-16/h4-12H,13H2,1-3H3,(H,26,30). The lowest BCUT2D eigenvalue weighted by Gasteiger charge is -2.10. The summed E-state index contributed by atoms with van der Waals surface area (Å²) in [7, 11) is 1.31. The lowest BCUT2D eigenvalue weighted by atomic mass is 10.0. The van der Waals surface area contributed by atoms with Crippen LogP contribution >= 0.6 is 34.7 Å². The number of benzene rings is 2. The summed E-state index contributed by atoms with van der Waals surface area (Å²) in [6, 6.07) is 15.1. The topological polar surface area (TPSA) is 86.1 Å². The molecule has 2 aromatic carbocycles. The minimum atomic E-state index is -0.524. The second-order valence-electron chi connectivity index (χ2n) is 7.39. The first-order valence-corrected chi connectivity index (χ1v) is 12.5. The quantitative estimate of drug-likeness (QED) is 0.249. The van der Waals surface area contributed by atoms with Crippen LogP contribution in [0.15, 0.2) is 59.1 Å². The smallest absolute Gasteiger partial charge is 0.341 e. The van der Waals surface area contributed by atoms with Gasteiger partial charge in [0.2, 0.25) is 5.91 Å².